The second-order valence-corrected chi connectivity index (χ2v) is 10.4. The fourth-order valence-corrected chi connectivity index (χ4v) is 6.21. The van der Waals surface area contributed by atoms with Crippen LogP contribution in [0.5, 0.6) is 5.75 Å². The molecule has 4 rings (SSSR count). The first-order chi connectivity index (χ1) is 17.3. The molecule has 0 spiro atoms. The van der Waals surface area contributed by atoms with Crippen molar-refractivity contribution in [2.45, 2.75) is 44.4 Å². The Morgan fingerprint density at radius 3 is 2.43 bits per heavy atom. The zero-order valence-corrected chi connectivity index (χ0v) is 21.2. The molecular formula is C26H32FN3O7. The molecule has 1 aromatic carbocycles. The fourth-order valence-electron chi connectivity index (χ4n) is 6.21. The molecule has 1 fully saturated rings. The van der Waals surface area contributed by atoms with E-state index in [1.165, 1.54) is 25.1 Å². The van der Waals surface area contributed by atoms with Gasteiger partial charge in [0.15, 0.2) is 11.4 Å². The Labute approximate surface area is 213 Å². The molecule has 10 nitrogen and oxygen atoms in total. The molecule has 0 aliphatic heterocycles. The molecule has 0 unspecified atom stereocenters. The number of Topliss-reactive ketones (excluding diaryl/α,β-unsaturated/α-hetero) is 2. The first kappa shape index (κ1) is 26.8. The Kier molecular flexibility index (Phi) is 6.68. The van der Waals surface area contributed by atoms with Crippen LogP contribution >= 0.6 is 0 Å². The minimum atomic E-state index is -2.72. The Balaban J connectivity index is 1.90. The number of aromatic hydroxyl groups is 1. The lowest BCUT2D eigenvalue weighted by molar-refractivity contribution is -0.153. The highest BCUT2D eigenvalue weighted by Gasteiger charge is 2.64. The average Bonchev–Trinajstić information content (AvgIpc) is 2.79. The van der Waals surface area contributed by atoms with Gasteiger partial charge in [-0.3, -0.25) is 19.3 Å². The third-order valence-electron chi connectivity index (χ3n) is 7.77. The maximum atomic E-state index is 15.7. The van der Waals surface area contributed by atoms with Crippen LogP contribution in [0.1, 0.15) is 36.5 Å². The Hall–Kier alpha value is -3.28. The van der Waals surface area contributed by atoms with Crippen LogP contribution in [0.3, 0.4) is 0 Å². The van der Waals surface area contributed by atoms with Gasteiger partial charge in [0, 0.05) is 29.2 Å². The largest absolute Gasteiger partial charge is 0.508 e. The van der Waals surface area contributed by atoms with Gasteiger partial charge in [0.25, 0.3) is 5.91 Å². The number of rotatable bonds is 6. The molecule has 0 saturated heterocycles. The number of hydrogen-bond donors (Lipinski definition) is 5. The molecule has 1 saturated carbocycles. The number of aliphatic hydroxyl groups is 3. The highest BCUT2D eigenvalue weighted by Crippen LogP contribution is 2.53. The van der Waals surface area contributed by atoms with E-state index in [1.807, 2.05) is 18.9 Å². The van der Waals surface area contributed by atoms with Crippen LogP contribution in [0.25, 0.3) is 5.76 Å². The van der Waals surface area contributed by atoms with E-state index in [2.05, 4.69) is 0 Å². The molecule has 1 amide bonds. The molecule has 37 heavy (non-hydrogen) atoms. The lowest BCUT2D eigenvalue weighted by Gasteiger charge is -2.50. The maximum absolute atomic E-state index is 15.7. The molecule has 0 radical (unpaired) electrons. The summed E-state index contributed by atoms with van der Waals surface area (Å²) in [5.74, 6) is -8.20. The topological polar surface area (TPSA) is 165 Å². The predicted molar refractivity (Wildman–Crippen MR) is 131 cm³/mol. The van der Waals surface area contributed by atoms with E-state index in [9.17, 15) is 34.8 Å². The number of benzene rings is 1. The monoisotopic (exact) mass is 517 g/mol. The van der Waals surface area contributed by atoms with Crippen LogP contribution in [-0.2, 0) is 27.3 Å². The summed E-state index contributed by atoms with van der Waals surface area (Å²) in [6.07, 6.45) is 0.673. The summed E-state index contributed by atoms with van der Waals surface area (Å²) in [7, 11) is 4.85. The fraction of sp³-hybridized carbons (Fsp3) is 0.500. The third-order valence-corrected chi connectivity index (χ3v) is 7.77. The summed E-state index contributed by atoms with van der Waals surface area (Å²) in [5.41, 5.74) is 1.41. The van der Waals surface area contributed by atoms with Gasteiger partial charge < -0.3 is 31.1 Å². The quantitative estimate of drug-likeness (QED) is 0.345. The highest BCUT2D eigenvalue weighted by molar-refractivity contribution is 6.24. The number of nitrogens with two attached hydrogens (primary N) is 1. The van der Waals surface area contributed by atoms with Crippen molar-refractivity contribution >= 4 is 23.2 Å². The number of likely N-dealkylation sites (N-methyl/N-ethyl adjacent to an activating group) is 1. The van der Waals surface area contributed by atoms with Gasteiger partial charge in [0.1, 0.15) is 28.7 Å². The summed E-state index contributed by atoms with van der Waals surface area (Å²) in [6, 6.07) is 0.0105. The summed E-state index contributed by atoms with van der Waals surface area (Å²) in [4.78, 5) is 42.2. The van der Waals surface area contributed by atoms with E-state index in [0.29, 0.717) is 6.54 Å². The molecule has 0 bridgehead atoms. The number of carbonyl (C=O) groups excluding carboxylic acids is 3. The predicted octanol–water partition coefficient (Wildman–Crippen LogP) is 0.945. The van der Waals surface area contributed by atoms with E-state index in [1.54, 1.807) is 0 Å². The van der Waals surface area contributed by atoms with E-state index in [0.717, 1.165) is 6.42 Å². The summed E-state index contributed by atoms with van der Waals surface area (Å²) in [5, 5.41) is 44.3. The number of primary amides is 1. The molecule has 11 heteroatoms. The Bertz CT molecular complexity index is 1270. The lowest BCUT2D eigenvalue weighted by Crippen LogP contribution is -2.65. The molecule has 1 aromatic rings. The number of aliphatic hydroxyl groups excluding tert-OH is 2. The smallest absolute Gasteiger partial charge is 0.255 e. The van der Waals surface area contributed by atoms with Crippen LogP contribution in [-0.4, -0.2) is 87.0 Å². The number of phenols is 1. The molecular weight excluding hydrogens is 485 g/mol. The Morgan fingerprint density at radius 2 is 1.86 bits per heavy atom. The standard InChI is InChI=1S/C26H32FN3O7/c1-5-6-30(4)10-12-9-15(31)17-13(19(12)27)7-11-8-14-20(29(2)3)22(33)18(25(28)36)24(35)26(14,37)23(34)16(11)21(17)32/h9,11,14,20,31-32,35,37H,5-8,10H2,1-4H3,(H2,28,36)/t11-,14-,20-,26-/m0/s1. The van der Waals surface area contributed by atoms with Gasteiger partial charge in [-0.15, -0.1) is 0 Å². The van der Waals surface area contributed by atoms with Crippen molar-refractivity contribution in [1.82, 2.24) is 9.80 Å². The number of amides is 1. The van der Waals surface area contributed by atoms with E-state index >= 15 is 4.39 Å². The number of ketones is 2. The summed E-state index contributed by atoms with van der Waals surface area (Å²) >= 11 is 0. The van der Waals surface area contributed by atoms with Gasteiger partial charge in [0.2, 0.25) is 5.78 Å². The Morgan fingerprint density at radius 1 is 1.22 bits per heavy atom. The molecule has 200 valence electrons. The van der Waals surface area contributed by atoms with Crippen LogP contribution < -0.4 is 5.73 Å². The van der Waals surface area contributed by atoms with Crippen LogP contribution in [0.4, 0.5) is 4.39 Å². The zero-order chi connectivity index (χ0) is 27.6. The minimum absolute atomic E-state index is 0.0329. The van der Waals surface area contributed by atoms with Crippen molar-refractivity contribution < 1.29 is 39.2 Å². The first-order valence-electron chi connectivity index (χ1n) is 12.1. The van der Waals surface area contributed by atoms with E-state index < -0.39 is 69.6 Å². The molecule has 0 heterocycles. The second kappa shape index (κ2) is 9.23. The van der Waals surface area contributed by atoms with Gasteiger partial charge in [0.05, 0.1) is 11.6 Å². The second-order valence-electron chi connectivity index (χ2n) is 10.4. The van der Waals surface area contributed by atoms with Crippen molar-refractivity contribution in [3.05, 3.63) is 45.5 Å². The molecule has 4 atom stereocenters. The van der Waals surface area contributed by atoms with Gasteiger partial charge in [-0.2, -0.15) is 0 Å². The average molecular weight is 518 g/mol. The summed E-state index contributed by atoms with van der Waals surface area (Å²) in [6.45, 7) is 2.91. The normalized spacial score (nSPS) is 27.5. The SMILES string of the molecule is CCCN(C)Cc1cc(O)c2c(c1F)C[C@H]1C[C@H]3[C@H](N(C)C)C(=O)C(C(N)=O)=C(O)[C@@]3(O)C(=O)C1=C2O. The molecule has 3 aliphatic carbocycles. The van der Waals surface area contributed by atoms with E-state index in [-0.39, 0.29) is 41.6 Å². The molecule has 3 aliphatic rings. The number of nitrogens with zero attached hydrogens (tertiary/aromatic N) is 2. The van der Waals surface area contributed by atoms with Crippen molar-refractivity contribution in [3.63, 3.8) is 0 Å². The molecule has 0 aromatic heterocycles. The number of halogens is 1. The number of phenolic OH excluding ortho intramolecular Hbond substituents is 1. The number of hydrogen-bond acceptors (Lipinski definition) is 9. The number of carbonyl (C=O) groups is 3. The zero-order valence-electron chi connectivity index (χ0n) is 21.2. The van der Waals surface area contributed by atoms with Crippen molar-refractivity contribution in [1.29, 1.82) is 0 Å². The van der Waals surface area contributed by atoms with E-state index in [4.69, 9.17) is 5.73 Å². The lowest BCUT2D eigenvalue weighted by atomic mass is 9.57. The van der Waals surface area contributed by atoms with Gasteiger partial charge in [-0.1, -0.05) is 6.92 Å². The van der Waals surface area contributed by atoms with Crippen molar-refractivity contribution in [2.75, 3.05) is 27.7 Å². The van der Waals surface area contributed by atoms with Crippen LogP contribution in [0.15, 0.2) is 23.0 Å². The summed E-state index contributed by atoms with van der Waals surface area (Å²) < 4.78 is 15.7. The maximum Gasteiger partial charge on any atom is 0.255 e. The van der Waals surface area contributed by atoms with Gasteiger partial charge >= 0.3 is 0 Å². The number of fused-ring (bicyclic) bond motifs is 3. The van der Waals surface area contributed by atoms with Crippen LogP contribution in [0.2, 0.25) is 0 Å². The minimum Gasteiger partial charge on any atom is -0.508 e. The van der Waals surface area contributed by atoms with Crippen molar-refractivity contribution in [2.24, 2.45) is 17.6 Å². The highest BCUT2D eigenvalue weighted by atomic mass is 19.1. The third kappa shape index (κ3) is 3.84. The van der Waals surface area contributed by atoms with Crippen LogP contribution in [0, 0.1) is 17.7 Å². The molecule has 6 N–H and O–H groups in total. The van der Waals surface area contributed by atoms with Crippen molar-refractivity contribution in [3.8, 4) is 5.75 Å². The van der Waals surface area contributed by atoms with Gasteiger partial charge in [-0.25, -0.2) is 4.39 Å². The first-order valence-corrected chi connectivity index (χ1v) is 12.1. The van der Waals surface area contributed by atoms with Gasteiger partial charge in [-0.05, 0) is 58.9 Å².